The molecule has 8 heteroatoms. The first-order valence-corrected chi connectivity index (χ1v) is 6.37. The molecule has 0 spiro atoms. The molecule has 0 saturated heterocycles. The van der Waals surface area contributed by atoms with E-state index in [1.165, 1.54) is 7.11 Å². The monoisotopic (exact) mass is 290 g/mol. The van der Waals surface area contributed by atoms with E-state index < -0.39 is 17.9 Å². The summed E-state index contributed by atoms with van der Waals surface area (Å²) in [6.45, 7) is 0.339. The first-order chi connectivity index (χ1) is 9.40. The number of hydrogen-bond acceptors (Lipinski definition) is 5. The van der Waals surface area contributed by atoms with Crippen molar-refractivity contribution in [2.24, 2.45) is 5.73 Å². The summed E-state index contributed by atoms with van der Waals surface area (Å²) in [6.07, 6.45) is -2.27. The van der Waals surface area contributed by atoms with Gasteiger partial charge in [0.25, 0.3) is 0 Å². The number of ether oxygens (including phenoxy) is 1. The maximum absolute atomic E-state index is 12.8. The Morgan fingerprint density at radius 3 is 2.70 bits per heavy atom. The van der Waals surface area contributed by atoms with Gasteiger partial charge in [-0.2, -0.15) is 13.2 Å². The Bertz CT molecular complexity index is 463. The van der Waals surface area contributed by atoms with E-state index in [0.717, 1.165) is 18.9 Å². The van der Waals surface area contributed by atoms with E-state index in [1.54, 1.807) is 0 Å². The zero-order valence-corrected chi connectivity index (χ0v) is 11.1. The minimum absolute atomic E-state index is 0.0139. The Morgan fingerprint density at radius 1 is 1.45 bits per heavy atom. The molecule has 5 nitrogen and oxygen atoms in total. The molecule has 1 atom stereocenters. The lowest BCUT2D eigenvalue weighted by molar-refractivity contribution is -0.141. The zero-order valence-electron chi connectivity index (χ0n) is 11.1. The fraction of sp³-hybridized carbons (Fsp3) is 0.667. The van der Waals surface area contributed by atoms with Crippen LogP contribution >= 0.6 is 0 Å². The first-order valence-electron chi connectivity index (χ1n) is 6.37. The van der Waals surface area contributed by atoms with E-state index in [-0.39, 0.29) is 17.7 Å². The molecule has 1 saturated carbocycles. The predicted molar refractivity (Wildman–Crippen MR) is 67.1 cm³/mol. The largest absolute Gasteiger partial charge is 0.433 e. The number of nitrogens with zero attached hydrogens (tertiary/aromatic N) is 2. The minimum Gasteiger partial charge on any atom is -0.385 e. The van der Waals surface area contributed by atoms with Gasteiger partial charge >= 0.3 is 6.18 Å². The zero-order chi connectivity index (χ0) is 14.8. The van der Waals surface area contributed by atoms with Gasteiger partial charge in [-0.3, -0.25) is 0 Å². The van der Waals surface area contributed by atoms with Gasteiger partial charge in [-0.25, -0.2) is 9.97 Å². The SMILES string of the molecule is COCCC(N)c1nc(NC2CC2)cc(C(F)(F)F)n1. The van der Waals surface area contributed by atoms with Gasteiger partial charge in [0.05, 0.1) is 6.04 Å². The van der Waals surface area contributed by atoms with Crippen LogP contribution in [0.3, 0.4) is 0 Å². The third-order valence-corrected chi connectivity index (χ3v) is 2.93. The summed E-state index contributed by atoms with van der Waals surface area (Å²) >= 11 is 0. The number of aromatic nitrogens is 2. The highest BCUT2D eigenvalue weighted by Crippen LogP contribution is 2.31. The smallest absolute Gasteiger partial charge is 0.385 e. The Morgan fingerprint density at radius 2 is 2.15 bits per heavy atom. The number of alkyl halides is 3. The summed E-state index contributed by atoms with van der Waals surface area (Å²) in [6, 6.07) is 0.441. The standard InChI is InChI=1S/C12H17F3N4O/c1-20-5-4-8(16)11-18-9(12(13,14)15)6-10(19-11)17-7-2-3-7/h6-8H,2-5,16H2,1H3,(H,17,18,19). The van der Waals surface area contributed by atoms with Crippen LogP contribution < -0.4 is 11.1 Å². The van der Waals surface area contributed by atoms with E-state index in [1.807, 2.05) is 0 Å². The summed E-state index contributed by atoms with van der Waals surface area (Å²) in [4.78, 5) is 7.61. The molecule has 1 aliphatic carbocycles. The summed E-state index contributed by atoms with van der Waals surface area (Å²) in [5.41, 5.74) is 4.83. The highest BCUT2D eigenvalue weighted by atomic mass is 19.4. The number of anilines is 1. The van der Waals surface area contributed by atoms with E-state index in [0.29, 0.717) is 13.0 Å². The first kappa shape index (κ1) is 15.0. The van der Waals surface area contributed by atoms with Crippen molar-refractivity contribution in [3.63, 3.8) is 0 Å². The molecule has 0 amide bonds. The predicted octanol–water partition coefficient (Wildman–Crippen LogP) is 2.11. The van der Waals surface area contributed by atoms with E-state index in [4.69, 9.17) is 10.5 Å². The minimum atomic E-state index is -4.52. The molecule has 1 unspecified atom stereocenters. The fourth-order valence-corrected chi connectivity index (χ4v) is 1.66. The Kier molecular flexibility index (Phi) is 4.44. The molecule has 0 radical (unpaired) electrons. The maximum atomic E-state index is 12.8. The molecule has 20 heavy (non-hydrogen) atoms. The Balaban J connectivity index is 2.24. The molecule has 1 fully saturated rings. The summed E-state index contributed by atoms with van der Waals surface area (Å²) in [7, 11) is 1.50. The fourth-order valence-electron chi connectivity index (χ4n) is 1.66. The average molecular weight is 290 g/mol. The van der Waals surface area contributed by atoms with Gasteiger partial charge in [0.1, 0.15) is 17.3 Å². The molecule has 1 aromatic heterocycles. The van der Waals surface area contributed by atoms with Crippen LogP contribution in [-0.4, -0.2) is 29.7 Å². The lowest BCUT2D eigenvalue weighted by Gasteiger charge is -2.15. The number of rotatable bonds is 6. The van der Waals surface area contributed by atoms with Gasteiger partial charge in [-0.05, 0) is 19.3 Å². The van der Waals surface area contributed by atoms with Gasteiger partial charge in [0, 0.05) is 25.8 Å². The van der Waals surface area contributed by atoms with E-state index >= 15 is 0 Å². The number of halogens is 3. The molecule has 0 aromatic carbocycles. The molecule has 0 bridgehead atoms. The normalized spacial score (nSPS) is 17.1. The van der Waals surface area contributed by atoms with Crippen LogP contribution in [0.1, 0.15) is 36.8 Å². The quantitative estimate of drug-likeness (QED) is 0.839. The average Bonchev–Trinajstić information content (AvgIpc) is 3.18. The van der Waals surface area contributed by atoms with Gasteiger partial charge in [0.2, 0.25) is 0 Å². The van der Waals surface area contributed by atoms with Crippen molar-refractivity contribution < 1.29 is 17.9 Å². The Hall–Kier alpha value is -1.41. The number of nitrogens with one attached hydrogen (secondary N) is 1. The highest BCUT2D eigenvalue weighted by Gasteiger charge is 2.34. The van der Waals surface area contributed by atoms with Crippen molar-refractivity contribution in [2.75, 3.05) is 19.0 Å². The topological polar surface area (TPSA) is 73.1 Å². The van der Waals surface area contributed by atoms with Crippen LogP contribution in [-0.2, 0) is 10.9 Å². The van der Waals surface area contributed by atoms with Crippen molar-refractivity contribution in [1.29, 1.82) is 0 Å². The van der Waals surface area contributed by atoms with Crippen molar-refractivity contribution >= 4 is 5.82 Å². The summed E-state index contributed by atoms with van der Waals surface area (Å²) in [5.74, 6) is 0.165. The molecule has 1 aromatic rings. The number of hydrogen-bond donors (Lipinski definition) is 2. The molecule has 112 valence electrons. The van der Waals surface area contributed by atoms with E-state index in [9.17, 15) is 13.2 Å². The lowest BCUT2D eigenvalue weighted by atomic mass is 10.2. The molecular formula is C12H17F3N4O. The van der Waals surface area contributed by atoms with Crippen LogP contribution in [0.4, 0.5) is 19.0 Å². The molecule has 0 aliphatic heterocycles. The lowest BCUT2D eigenvalue weighted by Crippen LogP contribution is -2.20. The molecule has 1 aliphatic rings. The maximum Gasteiger partial charge on any atom is 0.433 e. The van der Waals surface area contributed by atoms with Crippen LogP contribution in [0.15, 0.2) is 6.07 Å². The Labute approximate surface area is 114 Å². The second kappa shape index (κ2) is 5.92. The van der Waals surface area contributed by atoms with Crippen molar-refractivity contribution in [1.82, 2.24) is 9.97 Å². The van der Waals surface area contributed by atoms with Gasteiger partial charge in [0.15, 0.2) is 0 Å². The summed E-state index contributed by atoms with van der Waals surface area (Å²) in [5, 5.41) is 2.94. The second-order valence-electron chi connectivity index (χ2n) is 4.80. The number of nitrogens with two attached hydrogens (primary N) is 1. The van der Waals surface area contributed by atoms with Gasteiger partial charge in [-0.15, -0.1) is 0 Å². The second-order valence-corrected chi connectivity index (χ2v) is 4.80. The van der Waals surface area contributed by atoms with Gasteiger partial charge in [-0.1, -0.05) is 0 Å². The van der Waals surface area contributed by atoms with Crippen molar-refractivity contribution in [2.45, 2.75) is 37.5 Å². The van der Waals surface area contributed by atoms with Crippen LogP contribution in [0.5, 0.6) is 0 Å². The van der Waals surface area contributed by atoms with Crippen LogP contribution in [0.25, 0.3) is 0 Å². The number of methoxy groups -OCH3 is 1. The van der Waals surface area contributed by atoms with Crippen LogP contribution in [0.2, 0.25) is 0 Å². The molecule has 2 rings (SSSR count). The molecular weight excluding hydrogens is 273 g/mol. The van der Waals surface area contributed by atoms with Crippen LogP contribution in [0, 0.1) is 0 Å². The summed E-state index contributed by atoms with van der Waals surface area (Å²) < 4.78 is 43.4. The third-order valence-electron chi connectivity index (χ3n) is 2.93. The van der Waals surface area contributed by atoms with Crippen molar-refractivity contribution in [3.8, 4) is 0 Å². The van der Waals surface area contributed by atoms with Crippen molar-refractivity contribution in [3.05, 3.63) is 17.6 Å². The van der Waals surface area contributed by atoms with E-state index in [2.05, 4.69) is 15.3 Å². The third kappa shape index (κ3) is 4.04. The van der Waals surface area contributed by atoms with Gasteiger partial charge < -0.3 is 15.8 Å². The highest BCUT2D eigenvalue weighted by molar-refractivity contribution is 5.39. The molecule has 1 heterocycles. The molecule has 3 N–H and O–H groups in total.